The Labute approximate surface area is 184 Å². The van der Waals surface area contributed by atoms with Gasteiger partial charge >= 0.3 is 0 Å². The van der Waals surface area contributed by atoms with Crippen molar-refractivity contribution in [1.29, 1.82) is 0 Å². The second-order valence-corrected chi connectivity index (χ2v) is 11.9. The number of hydrogen-bond donors (Lipinski definition) is 2. The zero-order valence-electron chi connectivity index (χ0n) is 20.1. The van der Waals surface area contributed by atoms with Crippen molar-refractivity contribution in [3.8, 4) is 0 Å². The molecule has 1 fully saturated rings. The van der Waals surface area contributed by atoms with Gasteiger partial charge in [0.25, 0.3) is 0 Å². The predicted octanol–water partition coefficient (Wildman–Crippen LogP) is 6.45. The molecular formula is C28H44O2. The first-order valence-electron chi connectivity index (χ1n) is 12.6. The van der Waals surface area contributed by atoms with Gasteiger partial charge in [-0.2, -0.15) is 0 Å². The molecular weight excluding hydrogens is 368 g/mol. The smallest absolute Gasteiger partial charge is 0.0793 e. The largest absolute Gasteiger partial charge is 0.389 e. The molecule has 1 saturated carbocycles. The van der Waals surface area contributed by atoms with Crippen LogP contribution in [0.4, 0.5) is 0 Å². The van der Waals surface area contributed by atoms with Crippen molar-refractivity contribution < 1.29 is 10.2 Å². The fourth-order valence-electron chi connectivity index (χ4n) is 7.53. The third-order valence-corrected chi connectivity index (χ3v) is 9.93. The average Bonchev–Trinajstić information content (AvgIpc) is 3.04. The first-order chi connectivity index (χ1) is 14.1. The zero-order chi connectivity index (χ0) is 21.8. The Bertz CT molecular complexity index is 759. The summed E-state index contributed by atoms with van der Waals surface area (Å²) in [7, 11) is 0. The Morgan fingerprint density at radius 2 is 1.73 bits per heavy atom. The molecule has 2 N–H and O–H groups in total. The van der Waals surface area contributed by atoms with Crippen LogP contribution in [0.25, 0.3) is 0 Å². The molecule has 0 aromatic heterocycles. The number of aliphatic hydroxyl groups is 2. The van der Waals surface area contributed by atoms with Crippen LogP contribution in [0.1, 0.15) is 86.5 Å². The van der Waals surface area contributed by atoms with Crippen LogP contribution in [-0.2, 0) is 0 Å². The third-order valence-electron chi connectivity index (χ3n) is 9.93. The van der Waals surface area contributed by atoms with Crippen molar-refractivity contribution in [3.05, 3.63) is 34.9 Å². The highest BCUT2D eigenvalue weighted by Crippen LogP contribution is 2.65. The average molecular weight is 413 g/mol. The standard InChI is InChI=1S/C28H44O2/c1-17(2)18(3)7-8-19(4)22-9-10-23-26-24(12-14-28(22,23)6)27(5)13-11-21(29)15-20(27)16-25(26)30/h7-8,15,17-19,21-23,25,29-30H,9-14,16H2,1-6H3/b8-7+/t18-,19+,21-,22+,23?,25-,27-,28+/m0/s1. The van der Waals surface area contributed by atoms with Crippen molar-refractivity contribution in [2.24, 2.45) is 40.4 Å². The minimum atomic E-state index is -0.347. The molecule has 168 valence electrons. The Morgan fingerprint density at radius 1 is 1.00 bits per heavy atom. The van der Waals surface area contributed by atoms with Crippen LogP contribution in [0.2, 0.25) is 0 Å². The second-order valence-electron chi connectivity index (χ2n) is 11.9. The number of hydrogen-bond acceptors (Lipinski definition) is 2. The molecule has 0 saturated heterocycles. The molecule has 8 atom stereocenters. The van der Waals surface area contributed by atoms with Gasteiger partial charge in [-0.05, 0) is 85.5 Å². The number of aliphatic hydroxyl groups excluding tert-OH is 2. The van der Waals surface area contributed by atoms with Gasteiger partial charge in [0.05, 0.1) is 12.2 Å². The van der Waals surface area contributed by atoms with E-state index in [9.17, 15) is 10.2 Å². The van der Waals surface area contributed by atoms with Crippen molar-refractivity contribution in [3.63, 3.8) is 0 Å². The van der Waals surface area contributed by atoms with Crippen LogP contribution in [0.15, 0.2) is 34.9 Å². The molecule has 0 amide bonds. The molecule has 0 aromatic carbocycles. The molecule has 0 heterocycles. The maximum Gasteiger partial charge on any atom is 0.0793 e. The van der Waals surface area contributed by atoms with Crippen molar-refractivity contribution >= 4 is 0 Å². The highest BCUT2D eigenvalue weighted by Gasteiger charge is 2.56. The first-order valence-corrected chi connectivity index (χ1v) is 12.6. The number of rotatable bonds is 4. The quantitative estimate of drug-likeness (QED) is 0.521. The second kappa shape index (κ2) is 7.93. The van der Waals surface area contributed by atoms with E-state index in [0.29, 0.717) is 35.0 Å². The zero-order valence-corrected chi connectivity index (χ0v) is 20.1. The van der Waals surface area contributed by atoms with Gasteiger partial charge in [-0.15, -0.1) is 0 Å². The van der Waals surface area contributed by atoms with Crippen molar-refractivity contribution in [1.82, 2.24) is 0 Å². The van der Waals surface area contributed by atoms with Gasteiger partial charge in [0, 0.05) is 5.41 Å². The normalized spacial score (nSPS) is 43.3. The van der Waals surface area contributed by atoms with E-state index in [0.717, 1.165) is 25.7 Å². The number of allylic oxidation sites excluding steroid dienone is 3. The van der Waals surface area contributed by atoms with E-state index in [1.165, 1.54) is 30.4 Å². The predicted molar refractivity (Wildman–Crippen MR) is 125 cm³/mol. The minimum Gasteiger partial charge on any atom is -0.389 e. The van der Waals surface area contributed by atoms with Crippen LogP contribution < -0.4 is 0 Å². The van der Waals surface area contributed by atoms with E-state index < -0.39 is 0 Å². The SMILES string of the molecule is CC(C)[C@@H](C)/C=C/[C@@H](C)[C@H]1CCC2C3=C(CC[C@@]21C)[C@@]1(C)CC[C@H](O)C=C1C[C@@H]3O. The summed E-state index contributed by atoms with van der Waals surface area (Å²) in [6.45, 7) is 14.3. The molecule has 0 radical (unpaired) electrons. The van der Waals surface area contributed by atoms with Gasteiger partial charge in [0.2, 0.25) is 0 Å². The van der Waals surface area contributed by atoms with Crippen molar-refractivity contribution in [2.45, 2.75) is 98.7 Å². The minimum absolute atomic E-state index is 0.0748. The lowest BCUT2D eigenvalue weighted by molar-refractivity contribution is 0.0750. The summed E-state index contributed by atoms with van der Waals surface area (Å²) < 4.78 is 0. The molecule has 2 heteroatoms. The van der Waals surface area contributed by atoms with Crippen LogP contribution >= 0.6 is 0 Å². The van der Waals surface area contributed by atoms with Gasteiger partial charge in [-0.3, -0.25) is 0 Å². The Balaban J connectivity index is 1.63. The van der Waals surface area contributed by atoms with E-state index in [4.69, 9.17) is 0 Å². The summed E-state index contributed by atoms with van der Waals surface area (Å²) in [6.07, 6.45) is 13.8. The maximum atomic E-state index is 11.3. The summed E-state index contributed by atoms with van der Waals surface area (Å²) in [5.41, 5.74) is 4.62. The van der Waals surface area contributed by atoms with Gasteiger partial charge < -0.3 is 10.2 Å². The highest BCUT2D eigenvalue weighted by molar-refractivity contribution is 5.45. The molecule has 0 spiro atoms. The summed E-state index contributed by atoms with van der Waals surface area (Å²) in [5, 5.41) is 21.4. The van der Waals surface area contributed by atoms with Gasteiger partial charge in [-0.1, -0.05) is 70.9 Å². The van der Waals surface area contributed by atoms with Crippen LogP contribution in [0.3, 0.4) is 0 Å². The van der Waals surface area contributed by atoms with E-state index in [1.807, 2.05) is 0 Å². The number of fused-ring (bicyclic) bond motifs is 4. The van der Waals surface area contributed by atoms with Gasteiger partial charge in [-0.25, -0.2) is 0 Å². The molecule has 2 nitrogen and oxygen atoms in total. The summed E-state index contributed by atoms with van der Waals surface area (Å²) >= 11 is 0. The first kappa shape index (κ1) is 22.3. The summed E-state index contributed by atoms with van der Waals surface area (Å²) in [6, 6.07) is 0. The van der Waals surface area contributed by atoms with Gasteiger partial charge in [0.15, 0.2) is 0 Å². The maximum absolute atomic E-state index is 11.3. The molecule has 4 aliphatic rings. The monoisotopic (exact) mass is 412 g/mol. The molecule has 4 rings (SSSR count). The Morgan fingerprint density at radius 3 is 2.43 bits per heavy atom. The lowest BCUT2D eigenvalue weighted by Gasteiger charge is -2.53. The Kier molecular flexibility index (Phi) is 5.90. The molecule has 1 unspecified atom stereocenters. The van der Waals surface area contributed by atoms with Crippen LogP contribution in [0, 0.1) is 40.4 Å². The Hall–Kier alpha value is -0.860. The molecule has 30 heavy (non-hydrogen) atoms. The molecule has 0 aliphatic heterocycles. The van der Waals surface area contributed by atoms with E-state index in [1.54, 1.807) is 5.57 Å². The van der Waals surface area contributed by atoms with E-state index in [-0.39, 0.29) is 17.6 Å². The fraction of sp³-hybridized carbons (Fsp3) is 0.786. The van der Waals surface area contributed by atoms with Crippen molar-refractivity contribution in [2.75, 3.05) is 0 Å². The third kappa shape index (κ3) is 3.47. The molecule has 4 aliphatic carbocycles. The van der Waals surface area contributed by atoms with Crippen LogP contribution in [-0.4, -0.2) is 22.4 Å². The van der Waals surface area contributed by atoms with Crippen LogP contribution in [0.5, 0.6) is 0 Å². The van der Waals surface area contributed by atoms with Gasteiger partial charge in [0.1, 0.15) is 0 Å². The van der Waals surface area contributed by atoms with E-state index in [2.05, 4.69) is 59.8 Å². The lowest BCUT2D eigenvalue weighted by Crippen LogP contribution is -2.45. The molecule has 0 bridgehead atoms. The lowest BCUT2D eigenvalue weighted by atomic mass is 9.52. The highest BCUT2D eigenvalue weighted by atomic mass is 16.3. The van der Waals surface area contributed by atoms with E-state index >= 15 is 0 Å². The topological polar surface area (TPSA) is 40.5 Å². The molecule has 0 aromatic rings. The summed E-state index contributed by atoms with van der Waals surface area (Å²) in [4.78, 5) is 0. The summed E-state index contributed by atoms with van der Waals surface area (Å²) in [5.74, 6) is 3.16. The fourth-order valence-corrected chi connectivity index (χ4v) is 7.53.